The topological polar surface area (TPSA) is 53.6 Å². The summed E-state index contributed by atoms with van der Waals surface area (Å²) in [6, 6.07) is 14.3. The standard InChI is InChI=1S/C26H34FN3O2/c1-18(21-8-10-24(27)25(17-21)32-2)29-23-9-7-22(16-23)20-5-3-19(4-6-20)15-26(31)30-13-11-28-12-14-30/h3-6,8,10,17-18,22-23,28-29H,7,9,11-16H2,1-2H3/t18-,22-,23+/m1/s1. The van der Waals surface area contributed by atoms with Crippen LogP contribution in [0.25, 0.3) is 0 Å². The smallest absolute Gasteiger partial charge is 0.227 e. The van der Waals surface area contributed by atoms with E-state index in [1.807, 2.05) is 11.0 Å². The summed E-state index contributed by atoms with van der Waals surface area (Å²) in [7, 11) is 1.49. The van der Waals surface area contributed by atoms with Crippen molar-refractivity contribution in [1.82, 2.24) is 15.5 Å². The van der Waals surface area contributed by atoms with Crippen molar-refractivity contribution in [3.8, 4) is 5.75 Å². The van der Waals surface area contributed by atoms with Gasteiger partial charge in [-0.05, 0) is 60.9 Å². The van der Waals surface area contributed by atoms with Crippen LogP contribution in [0, 0.1) is 5.82 Å². The van der Waals surface area contributed by atoms with Gasteiger partial charge in [0.05, 0.1) is 13.5 Å². The summed E-state index contributed by atoms with van der Waals surface area (Å²) >= 11 is 0. The van der Waals surface area contributed by atoms with Gasteiger partial charge in [0.15, 0.2) is 11.6 Å². The summed E-state index contributed by atoms with van der Waals surface area (Å²) in [6.45, 7) is 5.49. The number of rotatable bonds is 7. The summed E-state index contributed by atoms with van der Waals surface area (Å²) in [5, 5.41) is 6.99. The third-order valence-corrected chi connectivity index (χ3v) is 6.87. The van der Waals surface area contributed by atoms with Crippen molar-refractivity contribution in [2.45, 2.75) is 50.6 Å². The van der Waals surface area contributed by atoms with Gasteiger partial charge in [-0.1, -0.05) is 30.3 Å². The van der Waals surface area contributed by atoms with E-state index in [0.29, 0.717) is 18.4 Å². The molecule has 172 valence electrons. The fourth-order valence-corrected chi connectivity index (χ4v) is 4.94. The highest BCUT2D eigenvalue weighted by atomic mass is 19.1. The summed E-state index contributed by atoms with van der Waals surface area (Å²) in [5.74, 6) is 0.703. The van der Waals surface area contributed by atoms with Crippen LogP contribution in [0.2, 0.25) is 0 Å². The molecule has 2 fully saturated rings. The summed E-state index contributed by atoms with van der Waals surface area (Å²) in [4.78, 5) is 14.4. The van der Waals surface area contributed by atoms with Gasteiger partial charge in [-0.2, -0.15) is 0 Å². The number of halogens is 1. The maximum Gasteiger partial charge on any atom is 0.227 e. The second-order valence-electron chi connectivity index (χ2n) is 9.04. The Morgan fingerprint density at radius 3 is 2.66 bits per heavy atom. The second-order valence-corrected chi connectivity index (χ2v) is 9.04. The lowest BCUT2D eigenvalue weighted by molar-refractivity contribution is -0.131. The van der Waals surface area contributed by atoms with Crippen molar-refractivity contribution >= 4 is 5.91 Å². The summed E-state index contributed by atoms with van der Waals surface area (Å²) in [6.07, 6.45) is 3.84. The Morgan fingerprint density at radius 2 is 1.94 bits per heavy atom. The van der Waals surface area contributed by atoms with Crippen LogP contribution in [0.4, 0.5) is 4.39 Å². The van der Waals surface area contributed by atoms with Crippen molar-refractivity contribution in [3.63, 3.8) is 0 Å². The van der Waals surface area contributed by atoms with E-state index in [1.165, 1.54) is 18.7 Å². The number of methoxy groups -OCH3 is 1. The number of nitrogens with zero attached hydrogens (tertiary/aromatic N) is 1. The predicted molar refractivity (Wildman–Crippen MR) is 124 cm³/mol. The molecule has 3 atom stereocenters. The molecule has 2 aromatic carbocycles. The third kappa shape index (κ3) is 5.48. The molecule has 1 saturated carbocycles. The maximum atomic E-state index is 13.7. The van der Waals surface area contributed by atoms with Crippen LogP contribution in [0.1, 0.15) is 54.8 Å². The summed E-state index contributed by atoms with van der Waals surface area (Å²) < 4.78 is 18.8. The molecule has 1 heterocycles. The molecule has 0 bridgehead atoms. The van der Waals surface area contributed by atoms with E-state index in [2.05, 4.69) is 41.8 Å². The molecule has 2 N–H and O–H groups in total. The average Bonchev–Trinajstić information content (AvgIpc) is 3.28. The fraction of sp³-hybridized carbons (Fsp3) is 0.500. The van der Waals surface area contributed by atoms with Crippen LogP contribution >= 0.6 is 0 Å². The SMILES string of the molecule is COc1cc([C@@H](C)N[C@H]2CC[C@@H](c3ccc(CC(=O)N4CCNCC4)cc3)C2)ccc1F. The third-order valence-electron chi connectivity index (χ3n) is 6.87. The largest absolute Gasteiger partial charge is 0.494 e. The van der Waals surface area contributed by atoms with Gasteiger partial charge in [0.1, 0.15) is 0 Å². The first-order valence-electron chi connectivity index (χ1n) is 11.7. The highest BCUT2D eigenvalue weighted by molar-refractivity contribution is 5.78. The number of benzene rings is 2. The van der Waals surface area contributed by atoms with Gasteiger partial charge in [-0.3, -0.25) is 4.79 Å². The molecule has 0 unspecified atom stereocenters. The molecule has 1 amide bonds. The van der Waals surface area contributed by atoms with Crippen molar-refractivity contribution in [3.05, 3.63) is 65.0 Å². The number of hydrogen-bond donors (Lipinski definition) is 2. The molecule has 32 heavy (non-hydrogen) atoms. The van der Waals surface area contributed by atoms with Crippen molar-refractivity contribution in [1.29, 1.82) is 0 Å². The number of ether oxygens (including phenoxy) is 1. The van der Waals surface area contributed by atoms with Gasteiger partial charge >= 0.3 is 0 Å². The molecule has 2 aliphatic rings. The van der Waals surface area contributed by atoms with E-state index in [0.717, 1.165) is 56.6 Å². The molecule has 1 saturated heterocycles. The van der Waals surface area contributed by atoms with Crippen LogP contribution in [0.5, 0.6) is 5.75 Å². The molecule has 0 radical (unpaired) electrons. The van der Waals surface area contributed by atoms with Crippen molar-refractivity contribution < 1.29 is 13.9 Å². The minimum atomic E-state index is -0.331. The summed E-state index contributed by atoms with van der Waals surface area (Å²) in [5.41, 5.74) is 3.47. The Labute approximate surface area is 190 Å². The van der Waals surface area contributed by atoms with Crippen LogP contribution < -0.4 is 15.4 Å². The zero-order chi connectivity index (χ0) is 22.5. The minimum Gasteiger partial charge on any atom is -0.494 e. The molecule has 6 heteroatoms. The van der Waals surface area contributed by atoms with Gasteiger partial charge in [0, 0.05) is 38.3 Å². The fourth-order valence-electron chi connectivity index (χ4n) is 4.94. The number of nitrogens with one attached hydrogen (secondary N) is 2. The average molecular weight is 440 g/mol. The van der Waals surface area contributed by atoms with E-state index in [9.17, 15) is 9.18 Å². The maximum absolute atomic E-state index is 13.7. The zero-order valence-corrected chi connectivity index (χ0v) is 19.1. The Morgan fingerprint density at radius 1 is 1.19 bits per heavy atom. The Bertz CT molecular complexity index is 912. The van der Waals surface area contributed by atoms with E-state index < -0.39 is 0 Å². The predicted octanol–water partition coefficient (Wildman–Crippen LogP) is 3.80. The van der Waals surface area contributed by atoms with Gasteiger partial charge in [-0.25, -0.2) is 4.39 Å². The first kappa shape index (κ1) is 22.7. The van der Waals surface area contributed by atoms with E-state index in [4.69, 9.17) is 4.74 Å². The van der Waals surface area contributed by atoms with Crippen LogP contribution in [0.15, 0.2) is 42.5 Å². The molecule has 5 nitrogen and oxygen atoms in total. The van der Waals surface area contributed by atoms with Gasteiger partial charge < -0.3 is 20.3 Å². The van der Waals surface area contributed by atoms with E-state index in [-0.39, 0.29) is 23.5 Å². The number of hydrogen-bond acceptors (Lipinski definition) is 4. The number of carbonyl (C=O) groups excluding carboxylic acids is 1. The molecule has 2 aromatic rings. The van der Waals surface area contributed by atoms with E-state index >= 15 is 0 Å². The Balaban J connectivity index is 1.29. The first-order valence-corrected chi connectivity index (χ1v) is 11.7. The minimum absolute atomic E-state index is 0.131. The number of carbonyl (C=O) groups is 1. The van der Waals surface area contributed by atoms with E-state index in [1.54, 1.807) is 6.07 Å². The van der Waals surface area contributed by atoms with Gasteiger partial charge in [0.2, 0.25) is 5.91 Å². The number of amides is 1. The molecular formula is C26H34FN3O2. The van der Waals surface area contributed by atoms with Crippen LogP contribution in [-0.4, -0.2) is 50.1 Å². The Hall–Kier alpha value is -2.44. The molecule has 1 aliphatic carbocycles. The van der Waals surface area contributed by atoms with Crippen molar-refractivity contribution in [2.24, 2.45) is 0 Å². The lowest BCUT2D eigenvalue weighted by Crippen LogP contribution is -2.46. The molecule has 0 aromatic heterocycles. The lowest BCUT2D eigenvalue weighted by Gasteiger charge is -2.27. The first-order chi connectivity index (χ1) is 15.5. The zero-order valence-electron chi connectivity index (χ0n) is 19.1. The molecule has 0 spiro atoms. The van der Waals surface area contributed by atoms with Crippen LogP contribution in [-0.2, 0) is 11.2 Å². The molecule has 1 aliphatic heterocycles. The molecular weight excluding hydrogens is 405 g/mol. The van der Waals surface area contributed by atoms with Gasteiger partial charge in [-0.15, -0.1) is 0 Å². The monoisotopic (exact) mass is 439 g/mol. The highest BCUT2D eigenvalue weighted by Gasteiger charge is 2.27. The second kappa shape index (κ2) is 10.5. The number of piperazine rings is 1. The molecule has 4 rings (SSSR count). The normalized spacial score (nSPS) is 22.0. The quantitative estimate of drug-likeness (QED) is 0.689. The lowest BCUT2D eigenvalue weighted by atomic mass is 9.95. The Kier molecular flexibility index (Phi) is 7.43. The van der Waals surface area contributed by atoms with Crippen LogP contribution in [0.3, 0.4) is 0 Å². The van der Waals surface area contributed by atoms with Crippen molar-refractivity contribution in [2.75, 3.05) is 33.3 Å². The highest BCUT2D eigenvalue weighted by Crippen LogP contribution is 2.36. The van der Waals surface area contributed by atoms with Gasteiger partial charge in [0.25, 0.3) is 0 Å².